The maximum Gasteiger partial charge on any atom is 0.323 e. The van der Waals surface area contributed by atoms with Crippen LogP contribution in [0.15, 0.2) is 0 Å². The first kappa shape index (κ1) is 39.7. The first-order valence-electron chi connectivity index (χ1n) is 16.5. The van der Waals surface area contributed by atoms with Crippen molar-refractivity contribution >= 4 is 23.7 Å². The number of aliphatic hydroxyl groups is 1. The Morgan fingerprint density at radius 1 is 0.932 bits per heavy atom. The summed E-state index contributed by atoms with van der Waals surface area (Å²) in [6.45, 7) is 18.2. The summed E-state index contributed by atoms with van der Waals surface area (Å²) >= 11 is 0. The van der Waals surface area contributed by atoms with E-state index in [4.69, 9.17) is 15.2 Å². The average molecular weight is 628 g/mol. The summed E-state index contributed by atoms with van der Waals surface area (Å²) in [5.74, 6) is -3.32. The monoisotopic (exact) mass is 627 g/mol. The lowest BCUT2D eigenvalue weighted by molar-refractivity contribution is -0.161. The number of nitrogens with two attached hydrogens (primary N) is 1. The molecule has 1 fully saturated rings. The SMILES string of the molecule is CCC(NC(=O)C(NC(=O)C(NCCO)C(C)C(C)C(N)=O)C(OC(=O)C1CCCCN1)C(C)C(C)C)C(C)OCC(C)C. The van der Waals surface area contributed by atoms with E-state index >= 15 is 0 Å². The number of carbonyl (C=O) groups excluding carboxylic acids is 4. The van der Waals surface area contributed by atoms with Crippen molar-refractivity contribution in [3.05, 3.63) is 0 Å². The highest BCUT2D eigenvalue weighted by molar-refractivity contribution is 5.91. The molecule has 12 heteroatoms. The third-order valence-corrected chi connectivity index (χ3v) is 8.87. The molecule has 0 aromatic rings. The Labute approximate surface area is 264 Å². The van der Waals surface area contributed by atoms with Crippen molar-refractivity contribution in [3.8, 4) is 0 Å². The van der Waals surface area contributed by atoms with Gasteiger partial charge >= 0.3 is 5.97 Å². The third kappa shape index (κ3) is 12.6. The van der Waals surface area contributed by atoms with E-state index < -0.39 is 59.8 Å². The predicted molar refractivity (Wildman–Crippen MR) is 170 cm³/mol. The minimum Gasteiger partial charge on any atom is -0.458 e. The van der Waals surface area contributed by atoms with Crippen molar-refractivity contribution < 1.29 is 33.8 Å². The zero-order valence-corrected chi connectivity index (χ0v) is 28.5. The molecule has 9 unspecified atom stereocenters. The van der Waals surface area contributed by atoms with E-state index in [-0.39, 0.29) is 37.1 Å². The molecule has 256 valence electrons. The van der Waals surface area contributed by atoms with Gasteiger partial charge in [0.05, 0.1) is 24.8 Å². The lowest BCUT2D eigenvalue weighted by Crippen LogP contribution is -2.63. The van der Waals surface area contributed by atoms with Crippen LogP contribution in [-0.4, -0.2) is 91.5 Å². The number of esters is 1. The Morgan fingerprint density at radius 3 is 2.07 bits per heavy atom. The van der Waals surface area contributed by atoms with Crippen LogP contribution in [0.5, 0.6) is 0 Å². The van der Waals surface area contributed by atoms with Crippen LogP contribution in [-0.2, 0) is 28.7 Å². The van der Waals surface area contributed by atoms with Crippen LogP contribution < -0.4 is 27.0 Å². The zero-order chi connectivity index (χ0) is 33.6. The smallest absolute Gasteiger partial charge is 0.323 e. The first-order chi connectivity index (χ1) is 20.7. The summed E-state index contributed by atoms with van der Waals surface area (Å²) in [6.07, 6.45) is 1.78. The molecule has 0 aromatic carbocycles. The van der Waals surface area contributed by atoms with Gasteiger partial charge in [0.15, 0.2) is 0 Å². The molecular formula is C32H61N5O7. The van der Waals surface area contributed by atoms with Gasteiger partial charge in [-0.15, -0.1) is 0 Å². The molecule has 44 heavy (non-hydrogen) atoms. The van der Waals surface area contributed by atoms with Crippen LogP contribution in [0.4, 0.5) is 0 Å². The molecule has 7 N–H and O–H groups in total. The Balaban J connectivity index is 3.50. The minimum atomic E-state index is -1.24. The summed E-state index contributed by atoms with van der Waals surface area (Å²) < 4.78 is 12.1. The topological polar surface area (TPSA) is 181 Å². The van der Waals surface area contributed by atoms with Crippen molar-refractivity contribution in [1.29, 1.82) is 0 Å². The van der Waals surface area contributed by atoms with Gasteiger partial charge in [0.2, 0.25) is 17.7 Å². The number of rotatable bonds is 20. The fourth-order valence-corrected chi connectivity index (χ4v) is 5.24. The first-order valence-corrected chi connectivity index (χ1v) is 16.5. The van der Waals surface area contributed by atoms with E-state index in [9.17, 15) is 24.3 Å². The van der Waals surface area contributed by atoms with Crippen LogP contribution in [0, 0.1) is 29.6 Å². The molecule has 1 aliphatic rings. The van der Waals surface area contributed by atoms with Crippen molar-refractivity contribution in [2.24, 2.45) is 35.3 Å². The summed E-state index contributed by atoms with van der Waals surface area (Å²) in [7, 11) is 0. The molecule has 0 bridgehead atoms. The van der Waals surface area contributed by atoms with Crippen LogP contribution in [0.2, 0.25) is 0 Å². The van der Waals surface area contributed by atoms with Gasteiger partial charge < -0.3 is 41.6 Å². The molecule has 0 aromatic heterocycles. The number of amides is 3. The van der Waals surface area contributed by atoms with Gasteiger partial charge in [-0.3, -0.25) is 19.2 Å². The van der Waals surface area contributed by atoms with E-state index in [1.807, 2.05) is 48.5 Å². The van der Waals surface area contributed by atoms with E-state index in [1.54, 1.807) is 13.8 Å². The van der Waals surface area contributed by atoms with Gasteiger partial charge in [-0.2, -0.15) is 0 Å². The largest absolute Gasteiger partial charge is 0.458 e. The fraction of sp³-hybridized carbons (Fsp3) is 0.875. The molecule has 1 saturated heterocycles. The lowest BCUT2D eigenvalue weighted by atomic mass is 9.85. The van der Waals surface area contributed by atoms with E-state index in [1.165, 1.54) is 0 Å². The summed E-state index contributed by atoms with van der Waals surface area (Å²) in [5.41, 5.74) is 5.55. The minimum absolute atomic E-state index is 0.00621. The molecule has 0 saturated carbocycles. The van der Waals surface area contributed by atoms with Gasteiger partial charge in [-0.1, -0.05) is 61.8 Å². The third-order valence-electron chi connectivity index (χ3n) is 8.87. The highest BCUT2D eigenvalue weighted by Crippen LogP contribution is 2.24. The molecule has 0 aliphatic carbocycles. The number of nitrogens with one attached hydrogen (secondary N) is 4. The standard InChI is InChI=1S/C32H61N5O7/c1-10-24(23(9)43-17-18(2)3)36-31(41)27(37-30(40)26(35-15-16-38)21(7)22(8)29(33)39)28(20(6)19(4)5)44-32(42)25-13-11-12-14-34-25/h18-28,34-35,38H,10-17H2,1-9H3,(H2,33,39)(H,36,41)(H,37,40). The van der Waals surface area contributed by atoms with Gasteiger partial charge in [-0.05, 0) is 56.4 Å². The van der Waals surface area contributed by atoms with E-state index in [0.717, 1.165) is 12.8 Å². The zero-order valence-electron chi connectivity index (χ0n) is 28.5. The number of piperidine rings is 1. The van der Waals surface area contributed by atoms with Gasteiger partial charge in [0.1, 0.15) is 18.2 Å². The van der Waals surface area contributed by atoms with E-state index in [0.29, 0.717) is 31.9 Å². The van der Waals surface area contributed by atoms with Crippen LogP contribution in [0.25, 0.3) is 0 Å². The Kier molecular flexibility index (Phi) is 18.0. The highest BCUT2D eigenvalue weighted by atomic mass is 16.5. The second-order valence-corrected chi connectivity index (χ2v) is 13.2. The molecule has 1 heterocycles. The number of hydrogen-bond acceptors (Lipinski definition) is 9. The summed E-state index contributed by atoms with van der Waals surface area (Å²) in [4.78, 5) is 53.5. The van der Waals surface area contributed by atoms with Gasteiger partial charge in [0.25, 0.3) is 0 Å². The van der Waals surface area contributed by atoms with Gasteiger partial charge in [0, 0.05) is 19.1 Å². The quantitative estimate of drug-likeness (QED) is 0.109. The Hall–Kier alpha value is -2.28. The highest BCUT2D eigenvalue weighted by Gasteiger charge is 2.42. The van der Waals surface area contributed by atoms with Crippen LogP contribution >= 0.6 is 0 Å². The number of carbonyl (C=O) groups is 4. The van der Waals surface area contributed by atoms with Crippen molar-refractivity contribution in [2.45, 2.75) is 124 Å². The van der Waals surface area contributed by atoms with Crippen molar-refractivity contribution in [3.63, 3.8) is 0 Å². The predicted octanol–water partition coefficient (Wildman–Crippen LogP) is 1.48. The maximum atomic E-state index is 14.1. The molecule has 9 atom stereocenters. The van der Waals surface area contributed by atoms with Gasteiger partial charge in [-0.25, -0.2) is 0 Å². The molecule has 0 radical (unpaired) electrons. The Bertz CT molecular complexity index is 896. The van der Waals surface area contributed by atoms with Crippen LogP contribution in [0.3, 0.4) is 0 Å². The number of ether oxygens (including phenoxy) is 2. The number of hydrogen-bond donors (Lipinski definition) is 6. The van der Waals surface area contributed by atoms with Crippen molar-refractivity contribution in [1.82, 2.24) is 21.3 Å². The maximum absolute atomic E-state index is 14.1. The lowest BCUT2D eigenvalue weighted by Gasteiger charge is -2.37. The summed E-state index contributed by atoms with van der Waals surface area (Å²) in [5, 5.41) is 21.6. The average Bonchev–Trinajstić information content (AvgIpc) is 2.99. The molecule has 0 spiro atoms. The van der Waals surface area contributed by atoms with Crippen LogP contribution in [0.1, 0.15) is 88.0 Å². The second kappa shape index (κ2) is 20.0. The molecule has 3 amide bonds. The second-order valence-electron chi connectivity index (χ2n) is 13.2. The number of aliphatic hydroxyl groups excluding tert-OH is 1. The summed E-state index contributed by atoms with van der Waals surface area (Å²) in [6, 6.07) is -3.05. The van der Waals surface area contributed by atoms with E-state index in [2.05, 4.69) is 21.3 Å². The number of primary amides is 1. The molecular weight excluding hydrogens is 566 g/mol. The normalized spacial score (nSPS) is 21.0. The Morgan fingerprint density at radius 2 is 1.57 bits per heavy atom. The molecule has 1 aliphatic heterocycles. The molecule has 1 rings (SSSR count). The fourth-order valence-electron chi connectivity index (χ4n) is 5.24. The molecule has 12 nitrogen and oxygen atoms in total. The van der Waals surface area contributed by atoms with Crippen molar-refractivity contribution in [2.75, 3.05) is 26.3 Å².